The zero-order valence-corrected chi connectivity index (χ0v) is 5.52. The van der Waals surface area contributed by atoms with Crippen molar-refractivity contribution < 1.29 is 0 Å². The van der Waals surface area contributed by atoms with Crippen molar-refractivity contribution in [2.24, 2.45) is 0 Å². The number of rotatable bonds is 3. The second kappa shape index (κ2) is 6.28. The number of hydrogen-bond acceptors (Lipinski definition) is 1. The van der Waals surface area contributed by atoms with Crippen molar-refractivity contribution in [3.63, 3.8) is 0 Å². The monoisotopic (exact) mass is 111 g/mol. The molecule has 0 aromatic rings. The molecule has 0 rings (SSSR count). The summed E-state index contributed by atoms with van der Waals surface area (Å²) in [4.78, 5) is 0. The van der Waals surface area contributed by atoms with Crippen LogP contribution in [0.25, 0.3) is 0 Å². The molecular weight excluding hydrogens is 98.1 g/mol. The lowest BCUT2D eigenvalue weighted by Crippen LogP contribution is -1.89. The fraction of sp³-hybridized carbons (Fsp3) is 0.429. The highest BCUT2D eigenvalue weighted by Gasteiger charge is 1.60. The second-order valence-corrected chi connectivity index (χ2v) is 1.48. The lowest BCUT2D eigenvalue weighted by molar-refractivity contribution is 1.10. The predicted octanol–water partition coefficient (Wildman–Crippen LogP) is 1.69. The van der Waals surface area contributed by atoms with Crippen LogP contribution < -0.4 is 5.32 Å². The van der Waals surface area contributed by atoms with Gasteiger partial charge in [-0.05, 0) is 18.7 Å². The fourth-order valence-electron chi connectivity index (χ4n) is 0.366. The smallest absolute Gasteiger partial charge is 0.00277 e. The summed E-state index contributed by atoms with van der Waals surface area (Å²) in [6.07, 6.45) is 9.11. The quantitative estimate of drug-likeness (QED) is 0.546. The average Bonchev–Trinajstić information content (AvgIpc) is 1.81. The molecule has 0 bridgehead atoms. The first-order valence-electron chi connectivity index (χ1n) is 2.90. The zero-order valence-electron chi connectivity index (χ0n) is 5.52. The maximum Gasteiger partial charge on any atom is 0.00277 e. The zero-order chi connectivity index (χ0) is 6.24. The summed E-state index contributed by atoms with van der Waals surface area (Å²) in [6, 6.07) is 0. The highest BCUT2D eigenvalue weighted by molar-refractivity contribution is 5.00. The lowest BCUT2D eigenvalue weighted by atomic mass is 10.4. The molecule has 0 saturated carbocycles. The molecule has 0 aromatic carbocycles. The highest BCUT2D eigenvalue weighted by atomic mass is 14.8. The van der Waals surface area contributed by atoms with Crippen LogP contribution in [-0.4, -0.2) is 7.05 Å². The third-order valence-electron chi connectivity index (χ3n) is 0.746. The van der Waals surface area contributed by atoms with Gasteiger partial charge in [0.25, 0.3) is 0 Å². The van der Waals surface area contributed by atoms with Crippen molar-refractivity contribution in [1.29, 1.82) is 0 Å². The van der Waals surface area contributed by atoms with Crippen LogP contribution in [0.15, 0.2) is 24.4 Å². The van der Waals surface area contributed by atoms with Gasteiger partial charge in [-0.3, -0.25) is 0 Å². The molecule has 0 saturated heterocycles. The molecule has 0 aliphatic carbocycles. The summed E-state index contributed by atoms with van der Waals surface area (Å²) in [5, 5.41) is 2.89. The van der Waals surface area contributed by atoms with E-state index < -0.39 is 0 Å². The minimum absolute atomic E-state index is 1.11. The standard InChI is InChI=1S/C7H13N/c1-3-4-5-6-7-8-2/h4-8H,3H2,1-2H3/b5-4-,7-6+. The van der Waals surface area contributed by atoms with Gasteiger partial charge in [0.15, 0.2) is 0 Å². The Bertz CT molecular complexity index is 70.4. The number of allylic oxidation sites excluding steroid dienone is 3. The normalized spacial score (nSPS) is 11.2. The molecule has 46 valence electrons. The van der Waals surface area contributed by atoms with Crippen LogP contribution in [0, 0.1) is 0 Å². The molecule has 8 heavy (non-hydrogen) atoms. The van der Waals surface area contributed by atoms with Gasteiger partial charge in [0.2, 0.25) is 0 Å². The van der Waals surface area contributed by atoms with Gasteiger partial charge in [0.1, 0.15) is 0 Å². The fourth-order valence-corrected chi connectivity index (χ4v) is 0.366. The van der Waals surface area contributed by atoms with Crippen molar-refractivity contribution in [3.05, 3.63) is 24.4 Å². The van der Waals surface area contributed by atoms with Gasteiger partial charge in [-0.15, -0.1) is 0 Å². The van der Waals surface area contributed by atoms with Crippen LogP contribution in [0.5, 0.6) is 0 Å². The SMILES string of the molecule is CC/C=C\C=C\NC. The summed E-state index contributed by atoms with van der Waals surface area (Å²) in [6.45, 7) is 2.11. The number of nitrogens with one attached hydrogen (secondary N) is 1. The van der Waals surface area contributed by atoms with Gasteiger partial charge >= 0.3 is 0 Å². The Morgan fingerprint density at radius 2 is 2.12 bits per heavy atom. The molecule has 0 aliphatic heterocycles. The van der Waals surface area contributed by atoms with Crippen LogP contribution in [0.4, 0.5) is 0 Å². The molecule has 0 fully saturated rings. The Morgan fingerprint density at radius 3 is 2.62 bits per heavy atom. The first-order valence-corrected chi connectivity index (χ1v) is 2.90. The van der Waals surface area contributed by atoms with E-state index in [1.54, 1.807) is 0 Å². The van der Waals surface area contributed by atoms with E-state index in [-0.39, 0.29) is 0 Å². The van der Waals surface area contributed by atoms with E-state index in [1.807, 2.05) is 25.4 Å². The first kappa shape index (κ1) is 7.28. The Morgan fingerprint density at radius 1 is 1.38 bits per heavy atom. The second-order valence-electron chi connectivity index (χ2n) is 1.48. The van der Waals surface area contributed by atoms with Crippen molar-refractivity contribution in [2.75, 3.05) is 7.05 Å². The third-order valence-corrected chi connectivity index (χ3v) is 0.746. The Labute approximate surface area is 51.1 Å². The summed E-state index contributed by atoms with van der Waals surface area (Å²) >= 11 is 0. The molecule has 0 unspecified atom stereocenters. The molecular formula is C7H13N. The maximum absolute atomic E-state index is 2.89. The number of hydrogen-bond donors (Lipinski definition) is 1. The van der Waals surface area contributed by atoms with Crippen molar-refractivity contribution in [2.45, 2.75) is 13.3 Å². The van der Waals surface area contributed by atoms with Gasteiger partial charge < -0.3 is 5.32 Å². The topological polar surface area (TPSA) is 12.0 Å². The molecule has 1 heteroatoms. The largest absolute Gasteiger partial charge is 0.394 e. The van der Waals surface area contributed by atoms with Crippen LogP contribution in [-0.2, 0) is 0 Å². The van der Waals surface area contributed by atoms with Gasteiger partial charge in [-0.25, -0.2) is 0 Å². The van der Waals surface area contributed by atoms with E-state index in [4.69, 9.17) is 0 Å². The van der Waals surface area contributed by atoms with E-state index in [9.17, 15) is 0 Å². The van der Waals surface area contributed by atoms with Crippen molar-refractivity contribution in [1.82, 2.24) is 5.32 Å². The molecule has 1 N–H and O–H groups in total. The van der Waals surface area contributed by atoms with Crippen molar-refractivity contribution >= 4 is 0 Å². The Kier molecular flexibility index (Phi) is 5.71. The van der Waals surface area contributed by atoms with E-state index in [0.29, 0.717) is 0 Å². The predicted molar refractivity (Wildman–Crippen MR) is 37.6 cm³/mol. The van der Waals surface area contributed by atoms with Crippen LogP contribution in [0.2, 0.25) is 0 Å². The van der Waals surface area contributed by atoms with E-state index in [1.165, 1.54) is 0 Å². The van der Waals surface area contributed by atoms with E-state index in [2.05, 4.69) is 18.3 Å². The van der Waals surface area contributed by atoms with Crippen LogP contribution in [0.3, 0.4) is 0 Å². The molecule has 0 radical (unpaired) electrons. The molecule has 0 aromatic heterocycles. The summed E-state index contributed by atoms with van der Waals surface area (Å²) in [5.74, 6) is 0. The van der Waals surface area contributed by atoms with E-state index >= 15 is 0 Å². The highest BCUT2D eigenvalue weighted by Crippen LogP contribution is 1.78. The first-order chi connectivity index (χ1) is 3.91. The minimum Gasteiger partial charge on any atom is -0.394 e. The van der Waals surface area contributed by atoms with Crippen molar-refractivity contribution in [3.8, 4) is 0 Å². The molecule has 0 spiro atoms. The van der Waals surface area contributed by atoms with Gasteiger partial charge in [-0.2, -0.15) is 0 Å². The van der Waals surface area contributed by atoms with E-state index in [0.717, 1.165) is 6.42 Å². The summed E-state index contributed by atoms with van der Waals surface area (Å²) < 4.78 is 0. The lowest BCUT2D eigenvalue weighted by Gasteiger charge is -1.79. The van der Waals surface area contributed by atoms with Gasteiger partial charge in [0, 0.05) is 7.05 Å². The Hall–Kier alpha value is -0.720. The Balaban J connectivity index is 3.13. The molecule has 0 atom stereocenters. The third kappa shape index (κ3) is 5.28. The maximum atomic E-state index is 2.89. The van der Waals surface area contributed by atoms with Crippen LogP contribution in [0.1, 0.15) is 13.3 Å². The molecule has 1 nitrogen and oxygen atoms in total. The van der Waals surface area contributed by atoms with Gasteiger partial charge in [0.05, 0.1) is 0 Å². The molecule has 0 aliphatic rings. The molecule has 0 heterocycles. The summed E-state index contributed by atoms with van der Waals surface area (Å²) in [7, 11) is 1.89. The van der Waals surface area contributed by atoms with Gasteiger partial charge in [-0.1, -0.05) is 19.1 Å². The minimum atomic E-state index is 1.11. The van der Waals surface area contributed by atoms with Crippen LogP contribution >= 0.6 is 0 Å². The molecule has 0 amide bonds. The summed E-state index contributed by atoms with van der Waals surface area (Å²) in [5.41, 5.74) is 0. The average molecular weight is 111 g/mol.